The number of sulfonamides is 1. The van der Waals surface area contributed by atoms with Crippen molar-refractivity contribution in [2.75, 3.05) is 19.7 Å². The van der Waals surface area contributed by atoms with Gasteiger partial charge in [-0.2, -0.15) is 13.2 Å². The van der Waals surface area contributed by atoms with Crippen LogP contribution in [0.25, 0.3) is 0 Å². The van der Waals surface area contributed by atoms with Crippen molar-refractivity contribution >= 4 is 10.0 Å². The molecule has 0 bridgehead atoms. The standard InChI is InChI=1S/C22H25F3N4O3S/c1-29-14-21(27-15-29)33(30,31)28-8-9-32-20-7-3-5-17(12-20)18(13-26)10-16-4-2-6-19(11-16)22(23,24)25/h2-7,11-12,14-15,18,28H,8-10,13,26H2,1H3. The number of benzene rings is 2. The summed E-state index contributed by atoms with van der Waals surface area (Å²) >= 11 is 0. The predicted molar refractivity (Wildman–Crippen MR) is 117 cm³/mol. The summed E-state index contributed by atoms with van der Waals surface area (Å²) in [5.41, 5.74) is 6.57. The summed E-state index contributed by atoms with van der Waals surface area (Å²) in [6, 6.07) is 12.3. The van der Waals surface area contributed by atoms with E-state index in [-0.39, 0.29) is 30.6 Å². The van der Waals surface area contributed by atoms with Crippen LogP contribution in [0.1, 0.15) is 22.6 Å². The number of hydrogen-bond acceptors (Lipinski definition) is 5. The third-order valence-electron chi connectivity index (χ3n) is 4.97. The van der Waals surface area contributed by atoms with E-state index in [9.17, 15) is 21.6 Å². The number of hydrogen-bond donors (Lipinski definition) is 2. The Hall–Kier alpha value is -2.89. The molecule has 0 radical (unpaired) electrons. The van der Waals surface area contributed by atoms with E-state index in [0.29, 0.717) is 17.7 Å². The number of ether oxygens (including phenoxy) is 1. The highest BCUT2D eigenvalue weighted by atomic mass is 32.2. The van der Waals surface area contributed by atoms with E-state index in [4.69, 9.17) is 10.5 Å². The first-order valence-corrected chi connectivity index (χ1v) is 11.6. The monoisotopic (exact) mass is 482 g/mol. The van der Waals surface area contributed by atoms with Crippen molar-refractivity contribution in [1.82, 2.24) is 14.3 Å². The van der Waals surface area contributed by atoms with Gasteiger partial charge in [0.05, 0.1) is 11.9 Å². The van der Waals surface area contributed by atoms with Crippen LogP contribution < -0.4 is 15.2 Å². The number of rotatable bonds is 10. The van der Waals surface area contributed by atoms with Gasteiger partial charge >= 0.3 is 6.18 Å². The number of aryl methyl sites for hydroxylation is 1. The smallest absolute Gasteiger partial charge is 0.416 e. The normalized spacial score (nSPS) is 13.1. The van der Waals surface area contributed by atoms with Crippen molar-refractivity contribution in [2.24, 2.45) is 12.8 Å². The minimum atomic E-state index is -4.40. The maximum absolute atomic E-state index is 13.0. The Balaban J connectivity index is 1.60. The lowest BCUT2D eigenvalue weighted by molar-refractivity contribution is -0.137. The second-order valence-corrected chi connectivity index (χ2v) is 9.24. The molecule has 2 aromatic carbocycles. The van der Waals surface area contributed by atoms with Gasteiger partial charge in [-0.15, -0.1) is 0 Å². The van der Waals surface area contributed by atoms with Gasteiger partial charge < -0.3 is 15.0 Å². The fourth-order valence-corrected chi connectivity index (χ4v) is 4.29. The topological polar surface area (TPSA) is 99.2 Å². The largest absolute Gasteiger partial charge is 0.492 e. The number of halogens is 3. The molecule has 7 nitrogen and oxygen atoms in total. The van der Waals surface area contributed by atoms with Crippen LogP contribution in [-0.2, 0) is 29.7 Å². The zero-order valence-corrected chi connectivity index (χ0v) is 18.7. The number of imidazole rings is 1. The average Bonchev–Trinajstić information content (AvgIpc) is 3.22. The van der Waals surface area contributed by atoms with Crippen molar-refractivity contribution < 1.29 is 26.3 Å². The van der Waals surface area contributed by atoms with Gasteiger partial charge in [-0.3, -0.25) is 0 Å². The maximum Gasteiger partial charge on any atom is 0.416 e. The van der Waals surface area contributed by atoms with Gasteiger partial charge in [0.1, 0.15) is 12.4 Å². The van der Waals surface area contributed by atoms with Crippen molar-refractivity contribution in [3.05, 3.63) is 77.7 Å². The van der Waals surface area contributed by atoms with Crippen molar-refractivity contribution in [3.63, 3.8) is 0 Å². The van der Waals surface area contributed by atoms with Crippen LogP contribution in [0.3, 0.4) is 0 Å². The van der Waals surface area contributed by atoms with Gasteiger partial charge in [0, 0.05) is 25.7 Å². The van der Waals surface area contributed by atoms with Crippen LogP contribution in [0.15, 0.2) is 66.1 Å². The first-order chi connectivity index (χ1) is 15.6. The summed E-state index contributed by atoms with van der Waals surface area (Å²) in [5.74, 6) is 0.298. The van der Waals surface area contributed by atoms with Gasteiger partial charge in [0.25, 0.3) is 10.0 Å². The van der Waals surface area contributed by atoms with Crippen molar-refractivity contribution in [1.29, 1.82) is 0 Å². The van der Waals surface area contributed by atoms with Gasteiger partial charge in [0.15, 0.2) is 5.03 Å². The van der Waals surface area contributed by atoms with Crippen LogP contribution >= 0.6 is 0 Å². The Morgan fingerprint density at radius 2 is 1.94 bits per heavy atom. The second kappa shape index (κ2) is 10.4. The van der Waals surface area contributed by atoms with E-state index >= 15 is 0 Å². The van der Waals surface area contributed by atoms with Gasteiger partial charge in [0.2, 0.25) is 0 Å². The number of nitrogens with one attached hydrogen (secondary N) is 1. The Labute approximate surface area is 190 Å². The van der Waals surface area contributed by atoms with Crippen LogP contribution in [0, 0.1) is 0 Å². The van der Waals surface area contributed by atoms with Crippen LogP contribution in [-0.4, -0.2) is 37.7 Å². The molecular weight excluding hydrogens is 457 g/mol. The molecule has 0 aliphatic carbocycles. The molecule has 0 aliphatic heterocycles. The van der Waals surface area contributed by atoms with E-state index in [2.05, 4.69) is 9.71 Å². The molecule has 33 heavy (non-hydrogen) atoms. The van der Waals surface area contributed by atoms with E-state index in [1.54, 1.807) is 31.3 Å². The summed E-state index contributed by atoms with van der Waals surface area (Å²) < 4.78 is 72.9. The summed E-state index contributed by atoms with van der Waals surface area (Å²) in [6.45, 7) is 0.355. The first kappa shape index (κ1) is 24.7. The molecule has 11 heteroatoms. The van der Waals surface area contributed by atoms with Gasteiger partial charge in [-0.25, -0.2) is 18.1 Å². The molecule has 0 saturated heterocycles. The molecule has 1 heterocycles. The predicted octanol–water partition coefficient (Wildman–Crippen LogP) is 3.08. The SMILES string of the molecule is Cn1cnc(S(=O)(=O)NCCOc2cccc(C(CN)Cc3cccc(C(F)(F)F)c3)c2)c1. The van der Waals surface area contributed by atoms with Gasteiger partial charge in [-0.05, 0) is 42.3 Å². The highest BCUT2D eigenvalue weighted by molar-refractivity contribution is 7.89. The summed E-state index contributed by atoms with van der Waals surface area (Å²) in [5, 5.41) is -0.0765. The molecule has 0 fully saturated rings. The summed E-state index contributed by atoms with van der Waals surface area (Å²) in [4.78, 5) is 3.82. The van der Waals surface area contributed by atoms with Crippen LogP contribution in [0.2, 0.25) is 0 Å². The minimum absolute atomic E-state index is 0.0354. The fourth-order valence-electron chi connectivity index (χ4n) is 3.30. The second-order valence-electron chi connectivity index (χ2n) is 7.53. The molecule has 3 N–H and O–H groups in total. The third-order valence-corrected chi connectivity index (χ3v) is 6.32. The zero-order chi connectivity index (χ0) is 24.1. The summed E-state index contributed by atoms with van der Waals surface area (Å²) in [6.07, 6.45) is -1.28. The molecule has 1 unspecified atom stereocenters. The lowest BCUT2D eigenvalue weighted by atomic mass is 9.91. The van der Waals surface area contributed by atoms with E-state index < -0.39 is 21.8 Å². The highest BCUT2D eigenvalue weighted by Gasteiger charge is 2.30. The summed E-state index contributed by atoms with van der Waals surface area (Å²) in [7, 11) is -2.06. The third kappa shape index (κ3) is 6.80. The Morgan fingerprint density at radius 3 is 2.61 bits per heavy atom. The molecule has 178 valence electrons. The number of nitrogens with zero attached hydrogens (tertiary/aromatic N) is 2. The Morgan fingerprint density at radius 1 is 1.18 bits per heavy atom. The highest BCUT2D eigenvalue weighted by Crippen LogP contribution is 2.31. The maximum atomic E-state index is 13.0. The molecule has 0 aliphatic rings. The minimum Gasteiger partial charge on any atom is -0.492 e. The quantitative estimate of drug-likeness (QED) is 0.433. The van der Waals surface area contributed by atoms with E-state index in [1.165, 1.54) is 23.2 Å². The number of aromatic nitrogens is 2. The van der Waals surface area contributed by atoms with E-state index in [0.717, 1.165) is 17.7 Å². The average molecular weight is 483 g/mol. The zero-order valence-electron chi connectivity index (χ0n) is 17.9. The Kier molecular flexibility index (Phi) is 7.77. The van der Waals surface area contributed by atoms with Gasteiger partial charge in [-0.1, -0.05) is 30.3 Å². The molecule has 0 saturated carbocycles. The molecule has 0 spiro atoms. The Bertz CT molecular complexity index is 1180. The molecule has 3 aromatic rings. The van der Waals surface area contributed by atoms with Crippen molar-refractivity contribution in [3.8, 4) is 5.75 Å². The first-order valence-electron chi connectivity index (χ1n) is 10.1. The molecular formula is C22H25F3N4O3S. The van der Waals surface area contributed by atoms with Crippen LogP contribution in [0.5, 0.6) is 5.75 Å². The molecule has 3 rings (SSSR count). The number of alkyl halides is 3. The van der Waals surface area contributed by atoms with E-state index in [1.807, 2.05) is 6.07 Å². The van der Waals surface area contributed by atoms with Crippen molar-refractivity contribution in [2.45, 2.75) is 23.5 Å². The van der Waals surface area contributed by atoms with Crippen LogP contribution in [0.4, 0.5) is 13.2 Å². The lowest BCUT2D eigenvalue weighted by Gasteiger charge is -2.17. The lowest BCUT2D eigenvalue weighted by Crippen LogP contribution is -2.28. The fraction of sp³-hybridized carbons (Fsp3) is 0.318. The molecule has 0 amide bonds. The molecule has 1 atom stereocenters. The molecule has 1 aromatic heterocycles. The number of nitrogens with two attached hydrogens (primary N) is 1.